The van der Waals surface area contributed by atoms with Gasteiger partial charge in [0, 0.05) is 0 Å². The molecule has 0 aliphatic carbocycles. The lowest BCUT2D eigenvalue weighted by Crippen LogP contribution is -2.38. The van der Waals surface area contributed by atoms with Gasteiger partial charge < -0.3 is 14.6 Å². The van der Waals surface area contributed by atoms with Gasteiger partial charge in [-0.2, -0.15) is 8.42 Å². The molecule has 0 radical (unpaired) electrons. The SMILES string of the molecule is C[C@@H](OS(C)(=O)=O)[C@H]1OCO[C@H]1CO. The highest BCUT2D eigenvalue weighted by Crippen LogP contribution is 2.18. The second-order valence-corrected chi connectivity index (χ2v) is 4.74. The van der Waals surface area contributed by atoms with Gasteiger partial charge in [0.25, 0.3) is 10.1 Å². The molecule has 1 fully saturated rings. The first-order valence-electron chi connectivity index (χ1n) is 4.16. The Bertz CT molecular complexity index is 274. The van der Waals surface area contributed by atoms with Crippen molar-refractivity contribution in [3.05, 3.63) is 0 Å². The maximum absolute atomic E-state index is 10.8. The molecule has 1 heterocycles. The Morgan fingerprint density at radius 2 is 2.21 bits per heavy atom. The van der Waals surface area contributed by atoms with Crippen molar-refractivity contribution in [2.45, 2.75) is 25.2 Å². The molecule has 0 aromatic heterocycles. The van der Waals surface area contributed by atoms with Crippen molar-refractivity contribution in [3.8, 4) is 0 Å². The molecule has 1 saturated heterocycles. The van der Waals surface area contributed by atoms with E-state index in [2.05, 4.69) is 0 Å². The highest BCUT2D eigenvalue weighted by Gasteiger charge is 2.35. The van der Waals surface area contributed by atoms with Crippen molar-refractivity contribution in [3.63, 3.8) is 0 Å². The number of aliphatic hydroxyl groups is 1. The van der Waals surface area contributed by atoms with Crippen molar-refractivity contribution >= 4 is 10.1 Å². The molecule has 3 atom stereocenters. The quantitative estimate of drug-likeness (QED) is 0.625. The Hall–Kier alpha value is -0.210. The minimum absolute atomic E-state index is 0.0490. The fourth-order valence-electron chi connectivity index (χ4n) is 1.33. The fraction of sp³-hybridized carbons (Fsp3) is 1.00. The molecule has 14 heavy (non-hydrogen) atoms. The lowest BCUT2D eigenvalue weighted by molar-refractivity contribution is 0.00783. The second kappa shape index (κ2) is 4.54. The minimum atomic E-state index is -3.51. The van der Waals surface area contributed by atoms with Crippen LogP contribution in [0.1, 0.15) is 6.92 Å². The first-order valence-corrected chi connectivity index (χ1v) is 5.98. The molecule has 1 rings (SSSR count). The van der Waals surface area contributed by atoms with E-state index in [9.17, 15) is 8.42 Å². The van der Waals surface area contributed by atoms with E-state index in [0.717, 1.165) is 6.26 Å². The van der Waals surface area contributed by atoms with E-state index in [4.69, 9.17) is 18.8 Å². The van der Waals surface area contributed by atoms with Gasteiger partial charge in [0.1, 0.15) is 25.1 Å². The van der Waals surface area contributed by atoms with Crippen molar-refractivity contribution < 1.29 is 27.2 Å². The van der Waals surface area contributed by atoms with Crippen LogP contribution in [-0.2, 0) is 23.8 Å². The zero-order valence-electron chi connectivity index (χ0n) is 8.04. The van der Waals surface area contributed by atoms with Crippen LogP contribution in [-0.4, -0.2) is 51.5 Å². The molecule has 84 valence electrons. The minimum Gasteiger partial charge on any atom is -0.394 e. The molecule has 0 spiro atoms. The third-order valence-electron chi connectivity index (χ3n) is 1.88. The summed E-state index contributed by atoms with van der Waals surface area (Å²) in [5.41, 5.74) is 0. The monoisotopic (exact) mass is 226 g/mol. The smallest absolute Gasteiger partial charge is 0.264 e. The Kier molecular flexibility index (Phi) is 3.85. The largest absolute Gasteiger partial charge is 0.394 e. The van der Waals surface area contributed by atoms with Gasteiger partial charge in [-0.15, -0.1) is 0 Å². The van der Waals surface area contributed by atoms with Crippen LogP contribution in [0, 0.1) is 0 Å². The second-order valence-electron chi connectivity index (χ2n) is 3.14. The summed E-state index contributed by atoms with van der Waals surface area (Å²) in [5, 5.41) is 8.87. The molecule has 6 nitrogen and oxygen atoms in total. The van der Waals surface area contributed by atoms with Gasteiger partial charge in [-0.25, -0.2) is 0 Å². The van der Waals surface area contributed by atoms with Crippen LogP contribution in [0.4, 0.5) is 0 Å². The predicted molar refractivity (Wildman–Crippen MR) is 47.1 cm³/mol. The summed E-state index contributed by atoms with van der Waals surface area (Å²) in [6, 6.07) is 0. The fourth-order valence-corrected chi connectivity index (χ4v) is 1.99. The van der Waals surface area contributed by atoms with E-state index in [1.807, 2.05) is 0 Å². The first kappa shape index (κ1) is 11.9. The summed E-state index contributed by atoms with van der Waals surface area (Å²) in [5.74, 6) is 0. The highest BCUT2D eigenvalue weighted by molar-refractivity contribution is 7.86. The molecular formula is C7H14O6S. The van der Waals surface area contributed by atoms with E-state index in [1.54, 1.807) is 6.92 Å². The topological polar surface area (TPSA) is 82.1 Å². The number of ether oxygens (including phenoxy) is 2. The average molecular weight is 226 g/mol. The zero-order valence-corrected chi connectivity index (χ0v) is 8.86. The third kappa shape index (κ3) is 3.18. The molecule has 1 aliphatic rings. The van der Waals surface area contributed by atoms with Crippen LogP contribution >= 0.6 is 0 Å². The van der Waals surface area contributed by atoms with Crippen LogP contribution in [0.25, 0.3) is 0 Å². The van der Waals surface area contributed by atoms with Crippen LogP contribution in [0.5, 0.6) is 0 Å². The number of hydrogen-bond acceptors (Lipinski definition) is 6. The molecule has 7 heteroatoms. The average Bonchev–Trinajstić information content (AvgIpc) is 2.47. The van der Waals surface area contributed by atoms with E-state index < -0.39 is 28.4 Å². The Balaban J connectivity index is 2.55. The lowest BCUT2D eigenvalue weighted by Gasteiger charge is -2.20. The molecule has 0 bridgehead atoms. The van der Waals surface area contributed by atoms with E-state index in [0.29, 0.717) is 0 Å². The van der Waals surface area contributed by atoms with Gasteiger partial charge in [0.15, 0.2) is 0 Å². The Labute approximate surface area is 82.9 Å². The van der Waals surface area contributed by atoms with Crippen molar-refractivity contribution in [1.82, 2.24) is 0 Å². The summed E-state index contributed by atoms with van der Waals surface area (Å²) in [7, 11) is -3.51. The highest BCUT2D eigenvalue weighted by atomic mass is 32.2. The van der Waals surface area contributed by atoms with Crippen molar-refractivity contribution in [1.29, 1.82) is 0 Å². The Morgan fingerprint density at radius 3 is 2.71 bits per heavy atom. The third-order valence-corrected chi connectivity index (χ3v) is 2.53. The predicted octanol–water partition coefficient (Wildman–Crippen LogP) is -0.915. The van der Waals surface area contributed by atoms with Crippen LogP contribution < -0.4 is 0 Å². The van der Waals surface area contributed by atoms with Gasteiger partial charge in [0.05, 0.1) is 12.9 Å². The van der Waals surface area contributed by atoms with Gasteiger partial charge in [-0.05, 0) is 6.92 Å². The molecular weight excluding hydrogens is 212 g/mol. The summed E-state index contributed by atoms with van der Waals surface area (Å²) < 4.78 is 36.4. The van der Waals surface area contributed by atoms with Crippen LogP contribution in [0.3, 0.4) is 0 Å². The number of aliphatic hydroxyl groups excluding tert-OH is 1. The summed E-state index contributed by atoms with van der Waals surface area (Å²) in [6.45, 7) is 1.39. The molecule has 0 aromatic carbocycles. The van der Waals surface area contributed by atoms with Crippen LogP contribution in [0.2, 0.25) is 0 Å². The standard InChI is InChI=1S/C7H14O6S/c1-5(13-14(2,9)10)7-6(3-8)11-4-12-7/h5-8H,3-4H2,1-2H3/t5-,6+,7-/m1/s1. The summed E-state index contributed by atoms with van der Waals surface area (Å²) >= 11 is 0. The van der Waals surface area contributed by atoms with Gasteiger partial charge in [-0.3, -0.25) is 4.18 Å². The van der Waals surface area contributed by atoms with Crippen molar-refractivity contribution in [2.24, 2.45) is 0 Å². The van der Waals surface area contributed by atoms with Gasteiger partial charge in [-0.1, -0.05) is 0 Å². The van der Waals surface area contributed by atoms with Crippen molar-refractivity contribution in [2.75, 3.05) is 19.7 Å². The maximum atomic E-state index is 10.8. The van der Waals surface area contributed by atoms with Gasteiger partial charge >= 0.3 is 0 Å². The zero-order chi connectivity index (χ0) is 10.8. The molecule has 1 aliphatic heterocycles. The maximum Gasteiger partial charge on any atom is 0.264 e. The Morgan fingerprint density at radius 1 is 1.57 bits per heavy atom. The van der Waals surface area contributed by atoms with Gasteiger partial charge in [0.2, 0.25) is 0 Å². The molecule has 0 unspecified atom stereocenters. The molecule has 0 saturated carbocycles. The number of hydrogen-bond donors (Lipinski definition) is 1. The molecule has 0 amide bonds. The normalized spacial score (nSPS) is 30.5. The first-order chi connectivity index (χ1) is 6.44. The van der Waals surface area contributed by atoms with E-state index >= 15 is 0 Å². The number of rotatable bonds is 4. The lowest BCUT2D eigenvalue weighted by atomic mass is 10.1. The molecule has 0 aromatic rings. The molecule has 1 N–H and O–H groups in total. The summed E-state index contributed by atoms with van der Waals surface area (Å²) in [4.78, 5) is 0. The van der Waals surface area contributed by atoms with E-state index in [-0.39, 0.29) is 13.4 Å². The summed E-state index contributed by atoms with van der Waals surface area (Å²) in [6.07, 6.45) is -0.765. The van der Waals surface area contributed by atoms with E-state index in [1.165, 1.54) is 0 Å². The van der Waals surface area contributed by atoms with Crippen LogP contribution in [0.15, 0.2) is 0 Å².